The van der Waals surface area contributed by atoms with Crippen LogP contribution in [-0.2, 0) is 0 Å². The molecule has 6 heteroatoms. The van der Waals surface area contributed by atoms with E-state index in [0.29, 0.717) is 11.6 Å². The van der Waals surface area contributed by atoms with Gasteiger partial charge in [-0.15, -0.1) is 5.10 Å². The lowest BCUT2D eigenvalue weighted by Crippen LogP contribution is -1.97. The van der Waals surface area contributed by atoms with Crippen molar-refractivity contribution >= 4 is 71.2 Å². The average Bonchev–Trinajstić information content (AvgIpc) is 3.93. The predicted molar refractivity (Wildman–Crippen MR) is 223 cm³/mol. The van der Waals surface area contributed by atoms with Crippen molar-refractivity contribution in [3.8, 4) is 50.6 Å². The van der Waals surface area contributed by atoms with Crippen LogP contribution in [0.25, 0.3) is 122 Å². The Kier molecular flexibility index (Phi) is 5.54. The summed E-state index contributed by atoms with van der Waals surface area (Å²) < 4.78 is 10.5. The van der Waals surface area contributed by atoms with Gasteiger partial charge in [-0.25, -0.2) is 4.98 Å². The summed E-state index contributed by atoms with van der Waals surface area (Å²) in [7, 11) is 0. The maximum atomic E-state index is 6.24. The SMILES string of the molecule is c1ccc2c(c1)-c1cccc3ccc4c(c13)c1c-2cccc1n4-c1ccc(-c2nc3nc(-c4cccc5oc6ccccc6c45)c4ccccc4n3n2)cc1. The molecule has 0 saturated heterocycles. The highest BCUT2D eigenvalue weighted by atomic mass is 16.3. The quantitative estimate of drug-likeness (QED) is 0.184. The van der Waals surface area contributed by atoms with Gasteiger partial charge in [0.05, 0.1) is 22.2 Å². The van der Waals surface area contributed by atoms with Crippen LogP contribution < -0.4 is 0 Å². The number of aromatic nitrogens is 5. The maximum Gasteiger partial charge on any atom is 0.253 e. The highest BCUT2D eigenvalue weighted by Gasteiger charge is 2.25. The molecule has 55 heavy (non-hydrogen) atoms. The van der Waals surface area contributed by atoms with Gasteiger partial charge in [0.1, 0.15) is 11.2 Å². The molecule has 0 fully saturated rings. The molecule has 0 saturated carbocycles. The lowest BCUT2D eigenvalue weighted by Gasteiger charge is -2.13. The van der Waals surface area contributed by atoms with Gasteiger partial charge >= 0.3 is 0 Å². The van der Waals surface area contributed by atoms with Crippen molar-refractivity contribution in [3.63, 3.8) is 0 Å². The highest BCUT2D eigenvalue weighted by Crippen LogP contribution is 2.49. The molecule has 12 aromatic rings. The zero-order chi connectivity index (χ0) is 35.8. The second-order valence-electron chi connectivity index (χ2n) is 14.4. The summed E-state index contributed by atoms with van der Waals surface area (Å²) in [6, 6.07) is 58.0. The van der Waals surface area contributed by atoms with Crippen LogP contribution in [0.1, 0.15) is 0 Å². The molecular weight excluding hydrogens is 675 g/mol. The Balaban J connectivity index is 0.987. The molecule has 6 nitrogen and oxygen atoms in total. The summed E-state index contributed by atoms with van der Waals surface area (Å²) in [6.07, 6.45) is 0. The van der Waals surface area contributed by atoms with Gasteiger partial charge < -0.3 is 8.98 Å². The normalized spacial score (nSPS) is 12.4. The first-order valence-corrected chi connectivity index (χ1v) is 18.5. The van der Waals surface area contributed by atoms with Crippen LogP contribution in [0.2, 0.25) is 0 Å². The van der Waals surface area contributed by atoms with E-state index < -0.39 is 0 Å². The Morgan fingerprint density at radius 2 is 1.07 bits per heavy atom. The van der Waals surface area contributed by atoms with Crippen LogP contribution in [0, 0.1) is 0 Å². The molecule has 0 atom stereocenters. The molecule has 13 rings (SSSR count). The van der Waals surface area contributed by atoms with E-state index in [1.54, 1.807) is 0 Å². The smallest absolute Gasteiger partial charge is 0.253 e. The highest BCUT2D eigenvalue weighted by molar-refractivity contribution is 6.30. The van der Waals surface area contributed by atoms with E-state index in [-0.39, 0.29) is 0 Å². The number of rotatable bonds is 3. The minimum absolute atomic E-state index is 0.546. The first-order chi connectivity index (χ1) is 27.3. The van der Waals surface area contributed by atoms with Crippen molar-refractivity contribution in [2.45, 2.75) is 0 Å². The Morgan fingerprint density at radius 1 is 0.418 bits per heavy atom. The Labute approximate surface area is 313 Å². The summed E-state index contributed by atoms with van der Waals surface area (Å²) >= 11 is 0. The van der Waals surface area contributed by atoms with Crippen molar-refractivity contribution in [2.75, 3.05) is 0 Å². The van der Waals surface area contributed by atoms with Gasteiger partial charge in [-0.1, -0.05) is 109 Å². The summed E-state index contributed by atoms with van der Waals surface area (Å²) in [5.41, 5.74) is 14.0. The summed E-state index contributed by atoms with van der Waals surface area (Å²) in [4.78, 5) is 10.2. The van der Waals surface area contributed by atoms with Gasteiger partial charge in [0.2, 0.25) is 0 Å². The Morgan fingerprint density at radius 3 is 1.95 bits per heavy atom. The van der Waals surface area contributed by atoms with E-state index in [9.17, 15) is 0 Å². The number of fused-ring (bicyclic) bond motifs is 9. The van der Waals surface area contributed by atoms with Crippen LogP contribution >= 0.6 is 0 Å². The third-order valence-electron chi connectivity index (χ3n) is 11.5. The lowest BCUT2D eigenvalue weighted by atomic mass is 9.93. The number of furan rings is 1. The van der Waals surface area contributed by atoms with Crippen molar-refractivity contribution in [2.24, 2.45) is 0 Å². The van der Waals surface area contributed by atoms with Gasteiger partial charge in [0.15, 0.2) is 5.82 Å². The number of hydrogen-bond acceptors (Lipinski definition) is 4. The minimum Gasteiger partial charge on any atom is -0.456 e. The molecule has 0 unspecified atom stereocenters. The third-order valence-corrected chi connectivity index (χ3v) is 11.5. The van der Waals surface area contributed by atoms with Crippen molar-refractivity contribution in [1.29, 1.82) is 0 Å². The van der Waals surface area contributed by atoms with Crippen LogP contribution in [0.4, 0.5) is 0 Å². The lowest BCUT2D eigenvalue weighted by molar-refractivity contribution is 0.669. The topological polar surface area (TPSA) is 61.2 Å². The first kappa shape index (κ1) is 28.9. The molecule has 4 aromatic heterocycles. The third kappa shape index (κ3) is 3.84. The fourth-order valence-electron chi connectivity index (χ4n) is 9.22. The zero-order valence-electron chi connectivity index (χ0n) is 29.2. The van der Waals surface area contributed by atoms with E-state index >= 15 is 0 Å². The molecule has 0 amide bonds. The molecule has 0 spiro atoms. The summed E-state index contributed by atoms with van der Waals surface area (Å²) in [6.45, 7) is 0. The van der Waals surface area contributed by atoms with E-state index in [1.165, 1.54) is 54.8 Å². The van der Waals surface area contributed by atoms with Crippen molar-refractivity contribution in [3.05, 3.63) is 164 Å². The van der Waals surface area contributed by atoms with E-state index in [4.69, 9.17) is 19.5 Å². The van der Waals surface area contributed by atoms with E-state index in [1.807, 2.05) is 47.0 Å². The van der Waals surface area contributed by atoms with E-state index in [2.05, 4.69) is 126 Å². The number of para-hydroxylation sites is 2. The van der Waals surface area contributed by atoms with Crippen LogP contribution in [-0.4, -0.2) is 24.1 Å². The van der Waals surface area contributed by atoms with Gasteiger partial charge in [-0.3, -0.25) is 0 Å². The zero-order valence-corrected chi connectivity index (χ0v) is 29.2. The molecule has 1 aliphatic rings. The number of benzene rings is 8. The van der Waals surface area contributed by atoms with E-state index in [0.717, 1.165) is 55.3 Å². The fourth-order valence-corrected chi connectivity index (χ4v) is 9.22. The summed E-state index contributed by atoms with van der Waals surface area (Å²) in [5, 5.41) is 13.3. The molecular formula is C49H27N5O. The second kappa shape index (κ2) is 10.5. The van der Waals surface area contributed by atoms with Gasteiger partial charge in [0, 0.05) is 43.7 Å². The van der Waals surface area contributed by atoms with Gasteiger partial charge in [-0.05, 0) is 87.6 Å². The minimum atomic E-state index is 0.546. The average molecular weight is 702 g/mol. The molecule has 8 aromatic carbocycles. The molecule has 0 N–H and O–H groups in total. The molecule has 0 aliphatic heterocycles. The van der Waals surface area contributed by atoms with Gasteiger partial charge in [0.25, 0.3) is 5.78 Å². The van der Waals surface area contributed by atoms with Crippen LogP contribution in [0.5, 0.6) is 0 Å². The molecule has 0 radical (unpaired) electrons. The largest absolute Gasteiger partial charge is 0.456 e. The fraction of sp³-hybridized carbons (Fsp3) is 0. The van der Waals surface area contributed by atoms with Crippen molar-refractivity contribution < 1.29 is 4.42 Å². The number of hydrogen-bond donors (Lipinski definition) is 0. The molecule has 254 valence electrons. The Bertz CT molecular complexity index is 3610. The maximum absolute atomic E-state index is 6.24. The summed E-state index contributed by atoms with van der Waals surface area (Å²) in [5.74, 6) is 1.17. The first-order valence-electron chi connectivity index (χ1n) is 18.5. The standard InChI is InChI=1S/C49H27N5O/c1-2-12-32-31(11-1)33-15-7-10-28-24-27-40-46(43(28)33)45-34(32)16-8-19-39(45)53(40)30-25-22-29(23-26-30)48-51-49-50-47(35-13-3-5-18-38(35)54(49)52-48)37-17-9-21-42-44(37)36-14-4-6-20-41(36)55-42/h1-27H. The monoisotopic (exact) mass is 701 g/mol. The molecule has 4 heterocycles. The second-order valence-corrected chi connectivity index (χ2v) is 14.4. The molecule has 1 aliphatic carbocycles. The predicted octanol–water partition coefficient (Wildman–Crippen LogP) is 12.4. The van der Waals surface area contributed by atoms with Crippen LogP contribution in [0.3, 0.4) is 0 Å². The molecule has 0 bridgehead atoms. The van der Waals surface area contributed by atoms with Crippen LogP contribution in [0.15, 0.2) is 168 Å². The van der Waals surface area contributed by atoms with Gasteiger partial charge in [-0.2, -0.15) is 9.50 Å². The van der Waals surface area contributed by atoms with Crippen molar-refractivity contribution in [1.82, 2.24) is 24.1 Å². The number of nitrogens with zero attached hydrogens (tertiary/aromatic N) is 5. The Hall–Kier alpha value is -7.57.